The van der Waals surface area contributed by atoms with Crippen molar-refractivity contribution in [1.82, 2.24) is 39.3 Å². The van der Waals surface area contributed by atoms with Crippen molar-refractivity contribution in [2.45, 2.75) is 6.92 Å². The molecule has 0 saturated carbocycles. The third kappa shape index (κ3) is 2.40. The van der Waals surface area contributed by atoms with Gasteiger partial charge in [-0.2, -0.15) is 19.6 Å². The monoisotopic (exact) mass is 378 g/mol. The molecule has 27 heavy (non-hydrogen) atoms. The topological polar surface area (TPSA) is 107 Å². The number of aryl methyl sites for hydroxylation is 1. The van der Waals surface area contributed by atoms with Crippen LogP contribution in [0.4, 0.5) is 0 Å². The largest absolute Gasteiger partial charge is 0.269 e. The van der Waals surface area contributed by atoms with Gasteiger partial charge in [0, 0.05) is 16.8 Å². The van der Waals surface area contributed by atoms with Gasteiger partial charge in [0.1, 0.15) is 12.2 Å². The molecule has 0 atom stereocenters. The molecule has 5 rings (SSSR count). The number of pyridine rings is 1. The van der Waals surface area contributed by atoms with Gasteiger partial charge >= 0.3 is 0 Å². The van der Waals surface area contributed by atoms with E-state index >= 15 is 0 Å². The zero-order chi connectivity index (χ0) is 18.5. The van der Waals surface area contributed by atoms with Gasteiger partial charge in [-0.25, -0.2) is 10.1 Å². The maximum atomic E-state index is 13.3. The summed E-state index contributed by atoms with van der Waals surface area (Å²) in [6.07, 6.45) is 2.94. The Morgan fingerprint density at radius 1 is 1.19 bits per heavy atom. The minimum atomic E-state index is -0.304. The molecular weight excluding hydrogens is 368 g/mol. The van der Waals surface area contributed by atoms with Crippen molar-refractivity contribution in [2.75, 3.05) is 0 Å². The molecule has 0 amide bonds. The van der Waals surface area contributed by atoms with Gasteiger partial charge in [-0.15, -0.1) is 5.10 Å². The smallest absolute Gasteiger partial charge is 0.268 e. The van der Waals surface area contributed by atoms with E-state index in [4.69, 9.17) is 11.6 Å². The van der Waals surface area contributed by atoms with Crippen molar-refractivity contribution in [3.63, 3.8) is 0 Å². The first-order valence-corrected chi connectivity index (χ1v) is 8.40. The Morgan fingerprint density at radius 3 is 2.85 bits per heavy atom. The van der Waals surface area contributed by atoms with Crippen LogP contribution in [0.15, 0.2) is 47.7 Å². The van der Waals surface area contributed by atoms with Gasteiger partial charge in [0.2, 0.25) is 5.95 Å². The Hall–Kier alpha value is -3.59. The maximum absolute atomic E-state index is 13.3. The zero-order valence-electron chi connectivity index (χ0n) is 14.0. The molecule has 0 aliphatic heterocycles. The Bertz CT molecular complexity index is 1370. The number of rotatable bonds is 2. The van der Waals surface area contributed by atoms with Crippen molar-refractivity contribution in [2.24, 2.45) is 0 Å². The highest BCUT2D eigenvalue weighted by Crippen LogP contribution is 2.28. The summed E-state index contributed by atoms with van der Waals surface area (Å²) in [6.45, 7) is 1.77. The summed E-state index contributed by atoms with van der Waals surface area (Å²) >= 11 is 6.19. The van der Waals surface area contributed by atoms with Gasteiger partial charge < -0.3 is 0 Å². The first-order chi connectivity index (χ1) is 13.1. The molecule has 0 fully saturated rings. The summed E-state index contributed by atoms with van der Waals surface area (Å²) in [5, 5.41) is 11.9. The normalized spacial score (nSPS) is 11.5. The lowest BCUT2D eigenvalue weighted by Crippen LogP contribution is -2.21. The van der Waals surface area contributed by atoms with Gasteiger partial charge in [0.05, 0.1) is 16.6 Å². The first kappa shape index (κ1) is 15.6. The lowest BCUT2D eigenvalue weighted by atomic mass is 10.1. The number of benzene rings is 1. The summed E-state index contributed by atoms with van der Waals surface area (Å²) in [6, 6.07) is 8.96. The Labute approximate surface area is 156 Å². The molecule has 4 aromatic heterocycles. The summed E-state index contributed by atoms with van der Waals surface area (Å²) in [5.74, 6) is 1.28. The third-order valence-electron chi connectivity index (χ3n) is 4.16. The van der Waals surface area contributed by atoms with E-state index in [1.165, 1.54) is 10.9 Å². The molecule has 10 heteroatoms. The second-order valence-electron chi connectivity index (χ2n) is 5.90. The predicted molar refractivity (Wildman–Crippen MR) is 99.0 cm³/mol. The molecule has 4 heterocycles. The van der Waals surface area contributed by atoms with Gasteiger partial charge in [0.25, 0.3) is 11.3 Å². The molecule has 132 valence electrons. The summed E-state index contributed by atoms with van der Waals surface area (Å²) < 4.78 is 2.94. The Kier molecular flexibility index (Phi) is 3.31. The number of hydrogen-bond donors (Lipinski definition) is 1. The van der Waals surface area contributed by atoms with Crippen LogP contribution in [0.5, 0.6) is 0 Å². The number of aromatic amines is 1. The average Bonchev–Trinajstić information content (AvgIpc) is 3.29. The van der Waals surface area contributed by atoms with Crippen molar-refractivity contribution >= 4 is 28.3 Å². The minimum absolute atomic E-state index is 0.304. The van der Waals surface area contributed by atoms with Crippen molar-refractivity contribution in [3.05, 3.63) is 64.1 Å². The number of hydrogen-bond acceptors (Lipinski definition) is 6. The quantitative estimate of drug-likeness (QED) is 0.504. The van der Waals surface area contributed by atoms with Crippen LogP contribution in [0.1, 0.15) is 5.82 Å². The highest BCUT2D eigenvalue weighted by molar-refractivity contribution is 6.30. The fourth-order valence-electron chi connectivity index (χ4n) is 3.07. The van der Waals surface area contributed by atoms with Gasteiger partial charge in [-0.3, -0.25) is 9.36 Å². The van der Waals surface area contributed by atoms with E-state index in [0.29, 0.717) is 39.2 Å². The molecular formula is C17H11ClN8O. The van der Waals surface area contributed by atoms with E-state index in [1.807, 2.05) is 12.1 Å². The number of H-pyrrole nitrogens is 1. The lowest BCUT2D eigenvalue weighted by Gasteiger charge is -2.10. The van der Waals surface area contributed by atoms with Crippen LogP contribution in [0.25, 0.3) is 33.9 Å². The number of nitrogens with one attached hydrogen (secondary N) is 1. The van der Waals surface area contributed by atoms with Crippen molar-refractivity contribution in [1.29, 1.82) is 0 Å². The lowest BCUT2D eigenvalue weighted by molar-refractivity contribution is 0.893. The number of aromatic nitrogens is 8. The van der Waals surface area contributed by atoms with E-state index < -0.39 is 0 Å². The SMILES string of the molecule is Cc1nc2nc3ccn(-c4ncn[nH]4)c(=O)c3c(-c3cccc(Cl)c3)n2n1. The summed E-state index contributed by atoms with van der Waals surface area (Å²) in [5.41, 5.74) is 1.50. The Morgan fingerprint density at radius 2 is 2.07 bits per heavy atom. The predicted octanol–water partition coefficient (Wildman–Crippen LogP) is 2.18. The molecule has 0 radical (unpaired) electrons. The molecule has 0 unspecified atom stereocenters. The Balaban J connectivity index is 1.98. The van der Waals surface area contributed by atoms with Crippen molar-refractivity contribution < 1.29 is 0 Å². The third-order valence-corrected chi connectivity index (χ3v) is 4.40. The van der Waals surface area contributed by atoms with Crippen LogP contribution in [-0.2, 0) is 0 Å². The molecule has 0 aliphatic rings. The number of nitrogens with zero attached hydrogens (tertiary/aromatic N) is 7. The highest BCUT2D eigenvalue weighted by atomic mass is 35.5. The molecule has 1 N–H and O–H groups in total. The van der Waals surface area contributed by atoms with Crippen LogP contribution in [0.2, 0.25) is 5.02 Å². The summed E-state index contributed by atoms with van der Waals surface area (Å²) in [7, 11) is 0. The van der Waals surface area contributed by atoms with E-state index in [1.54, 1.807) is 35.8 Å². The molecule has 0 saturated heterocycles. The van der Waals surface area contributed by atoms with Crippen LogP contribution in [0, 0.1) is 6.92 Å². The van der Waals surface area contributed by atoms with E-state index in [0.717, 1.165) is 5.56 Å². The first-order valence-electron chi connectivity index (χ1n) is 8.02. The fraction of sp³-hybridized carbons (Fsp3) is 0.0588. The van der Waals surface area contributed by atoms with Gasteiger partial charge in [-0.05, 0) is 25.1 Å². The van der Waals surface area contributed by atoms with Crippen molar-refractivity contribution in [3.8, 4) is 17.2 Å². The van der Waals surface area contributed by atoms with Crippen LogP contribution in [0.3, 0.4) is 0 Å². The standard InChI is InChI=1S/C17H11ClN8O/c1-9-21-17-22-12-5-6-25(16-19-8-20-23-16)15(27)13(12)14(26(17)24-9)10-3-2-4-11(18)7-10/h2-8H,1H3,(H,19,20,23). The van der Waals surface area contributed by atoms with Crippen LogP contribution < -0.4 is 5.56 Å². The molecule has 9 nitrogen and oxygen atoms in total. The number of halogens is 1. The van der Waals surface area contributed by atoms with Gasteiger partial charge in [0.15, 0.2) is 0 Å². The maximum Gasteiger partial charge on any atom is 0.269 e. The molecule has 0 bridgehead atoms. The van der Waals surface area contributed by atoms with Crippen LogP contribution >= 0.6 is 11.6 Å². The molecule has 0 aliphatic carbocycles. The average molecular weight is 379 g/mol. The molecule has 0 spiro atoms. The minimum Gasteiger partial charge on any atom is -0.268 e. The highest BCUT2D eigenvalue weighted by Gasteiger charge is 2.19. The van der Waals surface area contributed by atoms with Gasteiger partial charge in [-0.1, -0.05) is 23.7 Å². The van der Waals surface area contributed by atoms with Crippen LogP contribution in [-0.4, -0.2) is 39.3 Å². The zero-order valence-corrected chi connectivity index (χ0v) is 14.7. The molecule has 5 aromatic rings. The number of fused-ring (bicyclic) bond motifs is 2. The van der Waals surface area contributed by atoms with E-state index in [9.17, 15) is 4.79 Å². The fourth-order valence-corrected chi connectivity index (χ4v) is 3.26. The van der Waals surface area contributed by atoms with E-state index in [2.05, 4.69) is 30.2 Å². The second kappa shape index (κ2) is 5.71. The van der Waals surface area contributed by atoms with E-state index in [-0.39, 0.29) is 5.56 Å². The summed E-state index contributed by atoms with van der Waals surface area (Å²) in [4.78, 5) is 26.2. The second-order valence-corrected chi connectivity index (χ2v) is 6.34. The molecule has 1 aromatic carbocycles.